The van der Waals surface area contributed by atoms with Crippen LogP contribution in [-0.2, 0) is 6.54 Å². The van der Waals surface area contributed by atoms with Gasteiger partial charge in [0.2, 0.25) is 0 Å². The topological polar surface area (TPSA) is 43.8 Å². The van der Waals surface area contributed by atoms with Crippen LogP contribution >= 0.6 is 15.9 Å². The lowest BCUT2D eigenvalue weighted by Crippen LogP contribution is -2.17. The highest BCUT2D eigenvalue weighted by molar-refractivity contribution is 9.10. The summed E-state index contributed by atoms with van der Waals surface area (Å²) < 4.78 is 2.82. The SMILES string of the molecule is Cc1ccc(C(N)Cn2cc(Br)cn2)cc1. The fourth-order valence-electron chi connectivity index (χ4n) is 1.56. The summed E-state index contributed by atoms with van der Waals surface area (Å²) in [5.41, 5.74) is 8.49. The second kappa shape index (κ2) is 4.80. The molecule has 16 heavy (non-hydrogen) atoms. The molecule has 0 bridgehead atoms. The lowest BCUT2D eigenvalue weighted by atomic mass is 10.1. The number of halogens is 1. The monoisotopic (exact) mass is 279 g/mol. The molecule has 84 valence electrons. The molecule has 2 aromatic rings. The van der Waals surface area contributed by atoms with Gasteiger partial charge >= 0.3 is 0 Å². The maximum Gasteiger partial charge on any atom is 0.0632 e. The van der Waals surface area contributed by atoms with Crippen molar-refractivity contribution in [2.45, 2.75) is 19.5 Å². The van der Waals surface area contributed by atoms with Crippen LogP contribution in [0.15, 0.2) is 41.1 Å². The fourth-order valence-corrected chi connectivity index (χ4v) is 1.89. The van der Waals surface area contributed by atoms with Gasteiger partial charge in [-0.1, -0.05) is 29.8 Å². The largest absolute Gasteiger partial charge is 0.322 e. The Labute approximate surface area is 103 Å². The van der Waals surface area contributed by atoms with Crippen molar-refractivity contribution < 1.29 is 0 Å². The molecule has 1 unspecified atom stereocenters. The maximum absolute atomic E-state index is 6.11. The average molecular weight is 280 g/mol. The van der Waals surface area contributed by atoms with E-state index in [2.05, 4.69) is 52.2 Å². The predicted molar refractivity (Wildman–Crippen MR) is 68.0 cm³/mol. The summed E-state index contributed by atoms with van der Waals surface area (Å²) in [4.78, 5) is 0. The molecule has 2 N–H and O–H groups in total. The van der Waals surface area contributed by atoms with Crippen molar-refractivity contribution in [2.24, 2.45) is 5.73 Å². The van der Waals surface area contributed by atoms with Crippen LogP contribution in [-0.4, -0.2) is 9.78 Å². The third kappa shape index (κ3) is 2.71. The van der Waals surface area contributed by atoms with Crippen LogP contribution < -0.4 is 5.73 Å². The van der Waals surface area contributed by atoms with E-state index in [-0.39, 0.29) is 6.04 Å². The van der Waals surface area contributed by atoms with E-state index in [9.17, 15) is 0 Å². The van der Waals surface area contributed by atoms with Crippen LogP contribution in [0.3, 0.4) is 0 Å². The number of nitrogens with zero attached hydrogens (tertiary/aromatic N) is 2. The molecule has 0 radical (unpaired) electrons. The molecule has 2 rings (SSSR count). The van der Waals surface area contributed by atoms with Crippen LogP contribution in [0, 0.1) is 6.92 Å². The van der Waals surface area contributed by atoms with Gasteiger partial charge in [-0.25, -0.2) is 0 Å². The molecule has 0 aliphatic rings. The Kier molecular flexibility index (Phi) is 3.41. The van der Waals surface area contributed by atoms with Crippen molar-refractivity contribution in [1.82, 2.24) is 9.78 Å². The Bertz CT molecular complexity index is 461. The van der Waals surface area contributed by atoms with Gasteiger partial charge in [0.05, 0.1) is 17.2 Å². The second-order valence-electron chi connectivity index (χ2n) is 3.90. The first-order valence-corrected chi connectivity index (χ1v) is 5.94. The van der Waals surface area contributed by atoms with Gasteiger partial charge < -0.3 is 5.73 Å². The number of aromatic nitrogens is 2. The van der Waals surface area contributed by atoms with Gasteiger partial charge in [-0.3, -0.25) is 4.68 Å². The van der Waals surface area contributed by atoms with Gasteiger partial charge in [0, 0.05) is 12.2 Å². The minimum atomic E-state index is -0.0209. The van der Waals surface area contributed by atoms with Crippen molar-refractivity contribution in [3.63, 3.8) is 0 Å². The first-order valence-electron chi connectivity index (χ1n) is 5.15. The highest BCUT2D eigenvalue weighted by Gasteiger charge is 2.07. The Hall–Kier alpha value is -1.13. The number of benzene rings is 1. The van der Waals surface area contributed by atoms with Crippen LogP contribution in [0.25, 0.3) is 0 Å². The summed E-state index contributed by atoms with van der Waals surface area (Å²) in [6, 6.07) is 8.27. The normalized spacial score (nSPS) is 12.7. The van der Waals surface area contributed by atoms with Crippen molar-refractivity contribution >= 4 is 15.9 Å². The minimum absolute atomic E-state index is 0.0209. The van der Waals surface area contributed by atoms with Gasteiger partial charge in [-0.15, -0.1) is 0 Å². The molecule has 1 aromatic heterocycles. The summed E-state index contributed by atoms with van der Waals surface area (Å²) in [5, 5.41) is 4.19. The Morgan fingerprint density at radius 1 is 1.38 bits per heavy atom. The molecule has 0 saturated carbocycles. The first-order chi connectivity index (χ1) is 7.65. The molecule has 1 atom stereocenters. The summed E-state index contributed by atoms with van der Waals surface area (Å²) in [6.45, 7) is 2.76. The number of aryl methyl sites for hydroxylation is 1. The second-order valence-corrected chi connectivity index (χ2v) is 4.81. The standard InChI is InChI=1S/C12H14BrN3/c1-9-2-4-10(5-3-9)12(14)8-16-7-11(13)6-15-16/h2-7,12H,8,14H2,1H3. The molecule has 0 saturated heterocycles. The van der Waals surface area contributed by atoms with E-state index in [0.29, 0.717) is 6.54 Å². The van der Waals surface area contributed by atoms with Gasteiger partial charge in [0.1, 0.15) is 0 Å². The molecule has 0 fully saturated rings. The molecule has 1 heterocycles. The predicted octanol–water partition coefficient (Wildman–Crippen LogP) is 2.65. The van der Waals surface area contributed by atoms with E-state index in [4.69, 9.17) is 5.73 Å². The lowest BCUT2D eigenvalue weighted by Gasteiger charge is -2.12. The molecular weight excluding hydrogens is 266 g/mol. The van der Waals surface area contributed by atoms with Crippen LogP contribution in [0.2, 0.25) is 0 Å². The third-order valence-corrected chi connectivity index (χ3v) is 2.90. The summed E-state index contributed by atoms with van der Waals surface area (Å²) in [7, 11) is 0. The van der Waals surface area contributed by atoms with Crippen LogP contribution in [0.5, 0.6) is 0 Å². The van der Waals surface area contributed by atoms with Crippen LogP contribution in [0.4, 0.5) is 0 Å². The van der Waals surface area contributed by atoms with Crippen molar-refractivity contribution in [3.05, 3.63) is 52.3 Å². The Balaban J connectivity index is 2.08. The van der Waals surface area contributed by atoms with Gasteiger partial charge in [0.15, 0.2) is 0 Å². The summed E-state index contributed by atoms with van der Waals surface area (Å²) in [5.74, 6) is 0. The zero-order valence-corrected chi connectivity index (χ0v) is 10.7. The molecule has 0 amide bonds. The molecule has 1 aromatic carbocycles. The number of hydrogen-bond acceptors (Lipinski definition) is 2. The first kappa shape index (κ1) is 11.4. The molecular formula is C12H14BrN3. The summed E-state index contributed by atoms with van der Waals surface area (Å²) >= 11 is 3.36. The Morgan fingerprint density at radius 3 is 2.62 bits per heavy atom. The quantitative estimate of drug-likeness (QED) is 0.939. The summed E-state index contributed by atoms with van der Waals surface area (Å²) in [6.07, 6.45) is 3.69. The van der Waals surface area contributed by atoms with Crippen molar-refractivity contribution in [2.75, 3.05) is 0 Å². The van der Waals surface area contributed by atoms with E-state index in [1.165, 1.54) is 5.56 Å². The van der Waals surface area contributed by atoms with Crippen molar-refractivity contribution in [3.8, 4) is 0 Å². The van der Waals surface area contributed by atoms with E-state index in [1.54, 1.807) is 6.20 Å². The van der Waals surface area contributed by atoms with Gasteiger partial charge in [0.25, 0.3) is 0 Å². The zero-order valence-electron chi connectivity index (χ0n) is 9.10. The molecule has 4 heteroatoms. The minimum Gasteiger partial charge on any atom is -0.322 e. The van der Waals surface area contributed by atoms with E-state index in [1.807, 2.05) is 10.9 Å². The van der Waals surface area contributed by atoms with E-state index >= 15 is 0 Å². The molecule has 3 nitrogen and oxygen atoms in total. The highest BCUT2D eigenvalue weighted by Crippen LogP contribution is 2.14. The Morgan fingerprint density at radius 2 is 2.06 bits per heavy atom. The van der Waals surface area contributed by atoms with Gasteiger partial charge in [-0.05, 0) is 28.4 Å². The number of hydrogen-bond donors (Lipinski definition) is 1. The van der Waals surface area contributed by atoms with Crippen LogP contribution in [0.1, 0.15) is 17.2 Å². The number of rotatable bonds is 3. The number of nitrogens with two attached hydrogens (primary N) is 1. The molecule has 0 aliphatic heterocycles. The van der Waals surface area contributed by atoms with E-state index in [0.717, 1.165) is 10.0 Å². The van der Waals surface area contributed by atoms with Crippen molar-refractivity contribution in [1.29, 1.82) is 0 Å². The third-order valence-electron chi connectivity index (χ3n) is 2.49. The smallest absolute Gasteiger partial charge is 0.0632 e. The lowest BCUT2D eigenvalue weighted by molar-refractivity contribution is 0.527. The van der Waals surface area contributed by atoms with E-state index < -0.39 is 0 Å². The fraction of sp³-hybridized carbons (Fsp3) is 0.250. The molecule has 0 aliphatic carbocycles. The maximum atomic E-state index is 6.11. The molecule has 0 spiro atoms. The average Bonchev–Trinajstić information content (AvgIpc) is 2.65. The highest BCUT2D eigenvalue weighted by atomic mass is 79.9. The van der Waals surface area contributed by atoms with Gasteiger partial charge in [-0.2, -0.15) is 5.10 Å². The zero-order chi connectivity index (χ0) is 11.5.